The van der Waals surface area contributed by atoms with Crippen LogP contribution in [0.4, 0.5) is 18.9 Å². The van der Waals surface area contributed by atoms with E-state index in [0.29, 0.717) is 29.7 Å². The van der Waals surface area contributed by atoms with Gasteiger partial charge in [-0.2, -0.15) is 5.26 Å². The number of carbonyl (C=O) groups is 1. The van der Waals surface area contributed by atoms with Gasteiger partial charge in [0.2, 0.25) is 5.91 Å². The van der Waals surface area contributed by atoms with E-state index in [1.54, 1.807) is 17.0 Å². The van der Waals surface area contributed by atoms with Crippen molar-refractivity contribution in [1.29, 1.82) is 5.26 Å². The molecular formula is C22H20ClF3N4O. The quantitative estimate of drug-likeness (QED) is 0.712. The van der Waals surface area contributed by atoms with E-state index >= 15 is 0 Å². The molecule has 0 radical (unpaired) electrons. The van der Waals surface area contributed by atoms with Crippen LogP contribution < -0.4 is 10.6 Å². The summed E-state index contributed by atoms with van der Waals surface area (Å²) >= 11 is 6.14. The third kappa shape index (κ3) is 4.21. The van der Waals surface area contributed by atoms with Gasteiger partial charge in [0, 0.05) is 43.3 Å². The molecule has 0 aromatic heterocycles. The van der Waals surface area contributed by atoms with E-state index in [1.165, 1.54) is 0 Å². The van der Waals surface area contributed by atoms with Crippen LogP contribution in [0.3, 0.4) is 0 Å². The zero-order valence-electron chi connectivity index (χ0n) is 16.5. The van der Waals surface area contributed by atoms with E-state index in [9.17, 15) is 18.0 Å². The maximum absolute atomic E-state index is 13.8. The molecular weight excluding hydrogens is 429 g/mol. The highest BCUT2D eigenvalue weighted by Crippen LogP contribution is 2.36. The average Bonchev–Trinajstić information content (AvgIpc) is 3.33. The van der Waals surface area contributed by atoms with E-state index in [4.69, 9.17) is 22.6 Å². The Hall–Kier alpha value is -2.76. The lowest BCUT2D eigenvalue weighted by Gasteiger charge is -2.36. The van der Waals surface area contributed by atoms with E-state index in [0.717, 1.165) is 18.2 Å². The summed E-state index contributed by atoms with van der Waals surface area (Å²) < 4.78 is 40.3. The molecule has 2 bridgehead atoms. The number of anilines is 1. The van der Waals surface area contributed by atoms with Crippen molar-refractivity contribution in [2.75, 3.05) is 18.0 Å². The summed E-state index contributed by atoms with van der Waals surface area (Å²) in [6.45, 7) is 1.18. The molecule has 2 aliphatic rings. The summed E-state index contributed by atoms with van der Waals surface area (Å²) in [6, 6.07) is 8.06. The van der Waals surface area contributed by atoms with Gasteiger partial charge in [0.25, 0.3) is 0 Å². The number of rotatable bonds is 5. The Bertz CT molecular complexity index is 1070. The second-order valence-corrected chi connectivity index (χ2v) is 8.45. The van der Waals surface area contributed by atoms with Crippen molar-refractivity contribution in [3.63, 3.8) is 0 Å². The minimum Gasteiger partial charge on any atom is -0.365 e. The smallest absolute Gasteiger partial charge is 0.224 e. The Morgan fingerprint density at radius 1 is 1.16 bits per heavy atom. The number of carbonyl (C=O) groups excluding carboxylic acids is 1. The first kappa shape index (κ1) is 21.5. The van der Waals surface area contributed by atoms with Crippen LogP contribution in [-0.2, 0) is 11.2 Å². The monoisotopic (exact) mass is 448 g/mol. The largest absolute Gasteiger partial charge is 0.365 e. The van der Waals surface area contributed by atoms with Gasteiger partial charge in [-0.15, -0.1) is 0 Å². The average molecular weight is 449 g/mol. The summed E-state index contributed by atoms with van der Waals surface area (Å²) in [5, 5.41) is 9.42. The molecule has 162 valence electrons. The van der Waals surface area contributed by atoms with Crippen LogP contribution in [0.25, 0.3) is 0 Å². The van der Waals surface area contributed by atoms with Crippen LogP contribution >= 0.6 is 11.6 Å². The molecule has 0 saturated carbocycles. The number of likely N-dealkylation sites (tertiary alicyclic amines) is 1. The van der Waals surface area contributed by atoms with Crippen LogP contribution in [0.2, 0.25) is 5.02 Å². The third-order valence-corrected chi connectivity index (χ3v) is 6.29. The topological polar surface area (TPSA) is 73.4 Å². The van der Waals surface area contributed by atoms with Gasteiger partial charge in [0.1, 0.15) is 11.9 Å². The predicted molar refractivity (Wildman–Crippen MR) is 110 cm³/mol. The van der Waals surface area contributed by atoms with Gasteiger partial charge >= 0.3 is 0 Å². The number of amides is 1. The first-order valence-electron chi connectivity index (χ1n) is 9.91. The molecule has 9 heteroatoms. The molecule has 2 aromatic rings. The first-order valence-corrected chi connectivity index (χ1v) is 10.3. The summed E-state index contributed by atoms with van der Waals surface area (Å²) in [5.41, 5.74) is 7.29. The normalized spacial score (nSPS) is 20.8. The molecule has 5 nitrogen and oxygen atoms in total. The number of piperazine rings is 1. The van der Waals surface area contributed by atoms with Crippen LogP contribution in [0.15, 0.2) is 30.3 Å². The van der Waals surface area contributed by atoms with E-state index in [2.05, 4.69) is 4.90 Å². The lowest BCUT2D eigenvalue weighted by molar-refractivity contribution is -0.132. The molecule has 2 saturated heterocycles. The maximum atomic E-state index is 13.8. The first-order chi connectivity index (χ1) is 14.8. The van der Waals surface area contributed by atoms with E-state index in [1.807, 2.05) is 12.1 Å². The van der Waals surface area contributed by atoms with E-state index < -0.39 is 23.5 Å². The highest BCUT2D eigenvalue weighted by atomic mass is 35.5. The highest BCUT2D eigenvalue weighted by molar-refractivity contribution is 6.32. The van der Waals surface area contributed by atoms with Gasteiger partial charge in [-0.05, 0) is 42.7 Å². The number of nitrogens with zero attached hydrogens (tertiary/aromatic N) is 3. The molecule has 4 rings (SSSR count). The zero-order chi connectivity index (χ0) is 22.3. The number of hydrogen-bond donors (Lipinski definition) is 1. The number of benzene rings is 2. The molecule has 31 heavy (non-hydrogen) atoms. The summed E-state index contributed by atoms with van der Waals surface area (Å²) in [7, 11) is 0. The molecule has 2 N–H and O–H groups in total. The van der Waals surface area contributed by atoms with Gasteiger partial charge in [0.15, 0.2) is 11.6 Å². The standard InChI is InChI=1S/C22H20ClF3N4O/c23-18-7-15(2-1-12(18)9-27)29-10-17-6-16(29)11-30(17)22(31)5-14(28)3-13-4-20(25)21(26)8-19(13)24/h1-2,4,7-8,14,16-17H,3,5-6,10-11,28H2/t14-,16+,17+/m1/s1. The van der Waals surface area contributed by atoms with Crippen molar-refractivity contribution < 1.29 is 18.0 Å². The van der Waals surface area contributed by atoms with Crippen molar-refractivity contribution in [2.45, 2.75) is 37.4 Å². The zero-order valence-corrected chi connectivity index (χ0v) is 17.2. The van der Waals surface area contributed by atoms with Crippen LogP contribution in [-0.4, -0.2) is 42.0 Å². The second kappa shape index (κ2) is 8.40. The molecule has 2 fully saturated rings. The summed E-state index contributed by atoms with van der Waals surface area (Å²) in [6.07, 6.45) is 0.743. The van der Waals surface area contributed by atoms with Crippen LogP contribution in [0.5, 0.6) is 0 Å². The molecule has 1 amide bonds. The Morgan fingerprint density at radius 3 is 2.55 bits per heavy atom. The number of hydrogen-bond acceptors (Lipinski definition) is 4. The van der Waals surface area contributed by atoms with Crippen molar-refractivity contribution in [2.24, 2.45) is 5.73 Å². The Labute approximate surface area is 182 Å². The molecule has 2 heterocycles. The van der Waals surface area contributed by atoms with Crippen molar-refractivity contribution in [3.8, 4) is 6.07 Å². The molecule has 2 aliphatic heterocycles. The lowest BCUT2D eigenvalue weighted by Crippen LogP contribution is -2.50. The molecule has 3 atom stereocenters. The Kier molecular flexibility index (Phi) is 5.82. The van der Waals surface area contributed by atoms with Gasteiger partial charge in [-0.1, -0.05) is 11.6 Å². The van der Waals surface area contributed by atoms with Gasteiger partial charge in [-0.3, -0.25) is 4.79 Å². The predicted octanol–water partition coefficient (Wildman–Crippen LogP) is 3.38. The highest BCUT2D eigenvalue weighted by Gasteiger charge is 2.45. The Balaban J connectivity index is 1.36. The number of fused-ring (bicyclic) bond motifs is 2. The van der Waals surface area contributed by atoms with Crippen LogP contribution in [0, 0.1) is 28.8 Å². The minimum absolute atomic E-state index is 0.00957. The minimum atomic E-state index is -1.26. The molecule has 0 spiro atoms. The molecule has 2 aromatic carbocycles. The fourth-order valence-corrected chi connectivity index (χ4v) is 4.70. The van der Waals surface area contributed by atoms with Crippen molar-refractivity contribution in [3.05, 3.63) is 63.9 Å². The molecule has 0 aliphatic carbocycles. The van der Waals surface area contributed by atoms with Crippen molar-refractivity contribution in [1.82, 2.24) is 4.90 Å². The maximum Gasteiger partial charge on any atom is 0.224 e. The summed E-state index contributed by atoms with van der Waals surface area (Å²) in [5.74, 6) is -3.42. The number of nitriles is 1. The summed E-state index contributed by atoms with van der Waals surface area (Å²) in [4.78, 5) is 16.7. The van der Waals surface area contributed by atoms with Gasteiger partial charge < -0.3 is 15.5 Å². The van der Waals surface area contributed by atoms with Gasteiger partial charge in [-0.25, -0.2) is 13.2 Å². The number of nitrogens with two attached hydrogens (primary N) is 1. The van der Waals surface area contributed by atoms with Crippen LogP contribution in [0.1, 0.15) is 24.0 Å². The number of halogens is 4. The fourth-order valence-electron chi connectivity index (χ4n) is 4.48. The molecule has 0 unspecified atom stereocenters. The SMILES string of the molecule is N#Cc1ccc(N2C[C@@H]3C[C@H]2CN3C(=O)C[C@H](N)Cc2cc(F)c(F)cc2F)cc1Cl. The second-order valence-electron chi connectivity index (χ2n) is 8.04. The van der Waals surface area contributed by atoms with Crippen molar-refractivity contribution >= 4 is 23.2 Å². The fraction of sp³-hybridized carbons (Fsp3) is 0.364. The third-order valence-electron chi connectivity index (χ3n) is 5.97. The van der Waals surface area contributed by atoms with E-state index in [-0.39, 0.29) is 36.4 Å². The Morgan fingerprint density at radius 2 is 1.90 bits per heavy atom. The lowest BCUT2D eigenvalue weighted by atomic mass is 10.0. The van der Waals surface area contributed by atoms with Gasteiger partial charge in [0.05, 0.1) is 16.6 Å².